The maximum atomic E-state index is 12.1. The number of ether oxygens (including phenoxy) is 1. The molecular formula is C16H32N2O2. The Balaban J connectivity index is 2.60. The van der Waals surface area contributed by atoms with E-state index in [1.807, 2.05) is 6.92 Å². The fourth-order valence-corrected chi connectivity index (χ4v) is 2.65. The number of carbonyl (C=O) groups is 1. The van der Waals surface area contributed by atoms with Crippen LogP contribution in [0.25, 0.3) is 0 Å². The Morgan fingerprint density at radius 3 is 2.50 bits per heavy atom. The molecule has 0 heterocycles. The highest BCUT2D eigenvalue weighted by Gasteiger charge is 2.40. The summed E-state index contributed by atoms with van der Waals surface area (Å²) in [6, 6.07) is 0.838. The van der Waals surface area contributed by atoms with Gasteiger partial charge in [0.05, 0.1) is 7.11 Å². The van der Waals surface area contributed by atoms with Crippen LogP contribution in [0.5, 0.6) is 0 Å². The number of methoxy groups -OCH3 is 1. The molecule has 1 aliphatic carbocycles. The third-order valence-electron chi connectivity index (χ3n) is 4.49. The minimum absolute atomic E-state index is 0.145. The molecule has 1 fully saturated rings. The van der Waals surface area contributed by atoms with Crippen molar-refractivity contribution in [3.8, 4) is 0 Å². The van der Waals surface area contributed by atoms with E-state index in [4.69, 9.17) is 4.74 Å². The number of rotatable bonds is 9. The van der Waals surface area contributed by atoms with Gasteiger partial charge in [-0.2, -0.15) is 0 Å². The summed E-state index contributed by atoms with van der Waals surface area (Å²) in [6.45, 7) is 9.72. The van der Waals surface area contributed by atoms with Gasteiger partial charge in [-0.25, -0.2) is 0 Å². The van der Waals surface area contributed by atoms with Gasteiger partial charge in [0, 0.05) is 18.6 Å². The number of hydrogen-bond donors (Lipinski definition) is 1. The average Bonchev–Trinajstić information content (AvgIpc) is 3.20. The van der Waals surface area contributed by atoms with Crippen molar-refractivity contribution in [1.82, 2.24) is 10.2 Å². The van der Waals surface area contributed by atoms with Gasteiger partial charge in [0.15, 0.2) is 0 Å². The van der Waals surface area contributed by atoms with Gasteiger partial charge in [-0.05, 0) is 46.1 Å². The van der Waals surface area contributed by atoms with Gasteiger partial charge in [0.2, 0.25) is 0 Å². The van der Waals surface area contributed by atoms with E-state index in [1.165, 1.54) is 26.4 Å². The van der Waals surface area contributed by atoms with E-state index < -0.39 is 5.54 Å². The Morgan fingerprint density at radius 1 is 1.45 bits per heavy atom. The highest BCUT2D eigenvalue weighted by molar-refractivity contribution is 5.80. The minimum atomic E-state index is -0.570. The maximum Gasteiger partial charge on any atom is 0.325 e. The first-order valence-electron chi connectivity index (χ1n) is 7.88. The molecule has 0 saturated heterocycles. The van der Waals surface area contributed by atoms with E-state index in [0.717, 1.165) is 13.0 Å². The number of hydrogen-bond acceptors (Lipinski definition) is 4. The van der Waals surface area contributed by atoms with Crippen LogP contribution >= 0.6 is 0 Å². The van der Waals surface area contributed by atoms with Crippen LogP contribution in [0.4, 0.5) is 0 Å². The molecule has 20 heavy (non-hydrogen) atoms. The van der Waals surface area contributed by atoms with Gasteiger partial charge in [-0.15, -0.1) is 0 Å². The van der Waals surface area contributed by atoms with Crippen molar-refractivity contribution >= 4 is 5.97 Å². The Kier molecular flexibility index (Phi) is 6.46. The number of nitrogens with zero attached hydrogens (tertiary/aromatic N) is 1. The summed E-state index contributed by atoms with van der Waals surface area (Å²) in [6.07, 6.45) is 4.31. The molecule has 0 spiro atoms. The van der Waals surface area contributed by atoms with Crippen molar-refractivity contribution in [2.24, 2.45) is 5.92 Å². The first-order chi connectivity index (χ1) is 9.32. The van der Waals surface area contributed by atoms with Crippen molar-refractivity contribution in [2.45, 2.75) is 71.0 Å². The lowest BCUT2D eigenvalue weighted by atomic mass is 9.92. The van der Waals surface area contributed by atoms with Crippen molar-refractivity contribution in [1.29, 1.82) is 0 Å². The lowest BCUT2D eigenvalue weighted by Crippen LogP contribution is -2.54. The van der Waals surface area contributed by atoms with E-state index >= 15 is 0 Å². The first kappa shape index (κ1) is 17.4. The Labute approximate surface area is 124 Å². The summed E-state index contributed by atoms with van der Waals surface area (Å²) in [7, 11) is 3.62. The van der Waals surface area contributed by atoms with Crippen LogP contribution in [0.2, 0.25) is 0 Å². The Bertz CT molecular complexity index is 318. The Morgan fingerprint density at radius 2 is 2.05 bits per heavy atom. The summed E-state index contributed by atoms with van der Waals surface area (Å²) in [4.78, 5) is 14.5. The molecule has 0 bridgehead atoms. The van der Waals surface area contributed by atoms with Gasteiger partial charge >= 0.3 is 5.97 Å². The summed E-state index contributed by atoms with van der Waals surface area (Å²) < 4.78 is 5.01. The summed E-state index contributed by atoms with van der Waals surface area (Å²) in [5, 5.41) is 3.47. The van der Waals surface area contributed by atoms with Crippen molar-refractivity contribution in [3.05, 3.63) is 0 Å². The van der Waals surface area contributed by atoms with Crippen molar-refractivity contribution < 1.29 is 9.53 Å². The molecule has 0 aromatic rings. The molecule has 0 amide bonds. The predicted octanol–water partition coefficient (Wildman–Crippen LogP) is 2.43. The zero-order chi connectivity index (χ0) is 15.3. The van der Waals surface area contributed by atoms with E-state index in [0.29, 0.717) is 18.0 Å². The fraction of sp³-hybridized carbons (Fsp3) is 0.938. The second-order valence-electron chi connectivity index (χ2n) is 6.75. The van der Waals surface area contributed by atoms with Crippen LogP contribution in [-0.4, -0.2) is 49.2 Å². The van der Waals surface area contributed by atoms with E-state index in [9.17, 15) is 4.79 Å². The molecule has 118 valence electrons. The molecule has 3 unspecified atom stereocenters. The van der Waals surface area contributed by atoms with E-state index in [2.05, 4.69) is 38.0 Å². The number of nitrogens with one attached hydrogen (secondary N) is 1. The standard InChI is InChI=1S/C16H32N2O2/c1-7-12(2)11-18(5)13(3)10-16(4,15(19)20-6)17-14-8-9-14/h12-14,17H,7-11H2,1-6H3. The third kappa shape index (κ3) is 5.06. The van der Waals surface area contributed by atoms with Crippen LogP contribution in [0.15, 0.2) is 0 Å². The van der Waals surface area contributed by atoms with Crippen LogP contribution in [0.1, 0.15) is 53.4 Å². The molecule has 0 radical (unpaired) electrons. The summed E-state index contributed by atoms with van der Waals surface area (Å²) in [5.74, 6) is 0.538. The smallest absolute Gasteiger partial charge is 0.325 e. The van der Waals surface area contributed by atoms with Gasteiger partial charge in [0.1, 0.15) is 5.54 Å². The molecule has 1 rings (SSSR count). The van der Waals surface area contributed by atoms with Crippen LogP contribution in [0.3, 0.4) is 0 Å². The number of carbonyl (C=O) groups excluding carboxylic acids is 1. The second-order valence-corrected chi connectivity index (χ2v) is 6.75. The van der Waals surface area contributed by atoms with Gasteiger partial charge in [-0.3, -0.25) is 10.1 Å². The van der Waals surface area contributed by atoms with Crippen LogP contribution in [-0.2, 0) is 9.53 Å². The molecule has 0 aliphatic heterocycles. The summed E-state index contributed by atoms with van der Waals surface area (Å²) in [5.41, 5.74) is -0.570. The van der Waals surface area contributed by atoms with Gasteiger partial charge in [-0.1, -0.05) is 20.3 Å². The largest absolute Gasteiger partial charge is 0.468 e. The van der Waals surface area contributed by atoms with Gasteiger partial charge in [0.25, 0.3) is 0 Å². The normalized spacial score (nSPS) is 21.4. The maximum absolute atomic E-state index is 12.1. The molecule has 0 aromatic heterocycles. The zero-order valence-electron chi connectivity index (χ0n) is 14.0. The molecule has 1 N–H and O–H groups in total. The van der Waals surface area contributed by atoms with Crippen molar-refractivity contribution in [2.75, 3.05) is 20.7 Å². The zero-order valence-corrected chi connectivity index (χ0v) is 14.0. The predicted molar refractivity (Wildman–Crippen MR) is 82.7 cm³/mol. The molecule has 3 atom stereocenters. The lowest BCUT2D eigenvalue weighted by Gasteiger charge is -2.35. The van der Waals surface area contributed by atoms with E-state index in [1.54, 1.807) is 0 Å². The average molecular weight is 284 g/mol. The van der Waals surface area contributed by atoms with Gasteiger partial charge < -0.3 is 9.64 Å². The number of esters is 1. The first-order valence-corrected chi connectivity index (χ1v) is 7.88. The molecule has 1 aliphatic rings. The second kappa shape index (κ2) is 7.41. The minimum Gasteiger partial charge on any atom is -0.468 e. The molecule has 0 aromatic carbocycles. The molecule has 1 saturated carbocycles. The lowest BCUT2D eigenvalue weighted by molar-refractivity contribution is -0.149. The van der Waals surface area contributed by atoms with E-state index in [-0.39, 0.29) is 5.97 Å². The highest BCUT2D eigenvalue weighted by Crippen LogP contribution is 2.26. The molecular weight excluding hydrogens is 252 g/mol. The fourth-order valence-electron chi connectivity index (χ4n) is 2.65. The Hall–Kier alpha value is -0.610. The molecule has 4 nitrogen and oxygen atoms in total. The third-order valence-corrected chi connectivity index (χ3v) is 4.49. The quantitative estimate of drug-likeness (QED) is 0.660. The highest BCUT2D eigenvalue weighted by atomic mass is 16.5. The van der Waals surface area contributed by atoms with Crippen molar-refractivity contribution in [3.63, 3.8) is 0 Å². The topological polar surface area (TPSA) is 41.6 Å². The summed E-state index contributed by atoms with van der Waals surface area (Å²) >= 11 is 0. The van der Waals surface area contributed by atoms with Crippen LogP contribution in [0, 0.1) is 5.92 Å². The SMILES string of the molecule is CCC(C)CN(C)C(C)CC(C)(NC1CC1)C(=O)OC. The molecule has 4 heteroatoms. The monoisotopic (exact) mass is 284 g/mol. The van der Waals surface area contributed by atoms with Crippen LogP contribution < -0.4 is 5.32 Å².